The van der Waals surface area contributed by atoms with Crippen LogP contribution in [0.2, 0.25) is 0 Å². The van der Waals surface area contributed by atoms with Gasteiger partial charge >= 0.3 is 0 Å². The molecule has 1 aliphatic heterocycles. The highest BCUT2D eigenvalue weighted by molar-refractivity contribution is 5.94. The lowest BCUT2D eigenvalue weighted by atomic mass is 10.0. The number of aromatic nitrogens is 3. The largest absolute Gasteiger partial charge is 0.379 e. The van der Waals surface area contributed by atoms with Crippen molar-refractivity contribution in [3.63, 3.8) is 0 Å². The first-order valence-corrected chi connectivity index (χ1v) is 8.20. The van der Waals surface area contributed by atoms with Crippen LogP contribution in [0.5, 0.6) is 0 Å². The van der Waals surface area contributed by atoms with Crippen LogP contribution in [-0.2, 0) is 11.2 Å². The van der Waals surface area contributed by atoms with E-state index < -0.39 is 0 Å². The van der Waals surface area contributed by atoms with Gasteiger partial charge in [-0.2, -0.15) is 0 Å². The third-order valence-electron chi connectivity index (χ3n) is 4.05. The number of rotatable bonds is 3. The van der Waals surface area contributed by atoms with E-state index in [0.29, 0.717) is 38.3 Å². The minimum absolute atomic E-state index is 0.0224. The Balaban J connectivity index is 1.71. The molecule has 0 saturated carbocycles. The molecule has 0 bridgehead atoms. The zero-order chi connectivity index (χ0) is 16.9. The van der Waals surface area contributed by atoms with Crippen LogP contribution in [0.15, 0.2) is 30.6 Å². The van der Waals surface area contributed by atoms with Crippen molar-refractivity contribution in [2.45, 2.75) is 20.3 Å². The summed E-state index contributed by atoms with van der Waals surface area (Å²) in [5, 5.41) is 0. The second-order valence-corrected chi connectivity index (χ2v) is 6.20. The molecule has 6 heteroatoms. The minimum atomic E-state index is 0.0224. The van der Waals surface area contributed by atoms with E-state index >= 15 is 0 Å². The van der Waals surface area contributed by atoms with E-state index in [4.69, 9.17) is 4.74 Å². The number of ether oxygens (including phenoxy) is 1. The smallest absolute Gasteiger partial charge is 0.254 e. The zero-order valence-electron chi connectivity index (χ0n) is 14.1. The van der Waals surface area contributed by atoms with E-state index in [1.54, 1.807) is 24.5 Å². The van der Waals surface area contributed by atoms with Gasteiger partial charge in [-0.1, -0.05) is 0 Å². The summed E-state index contributed by atoms with van der Waals surface area (Å²) in [6.07, 6.45) is 3.99. The molecule has 0 N–H and O–H groups in total. The molecule has 0 aromatic carbocycles. The molecule has 0 radical (unpaired) electrons. The van der Waals surface area contributed by atoms with Crippen molar-refractivity contribution in [1.82, 2.24) is 19.9 Å². The summed E-state index contributed by atoms with van der Waals surface area (Å²) in [6.45, 7) is 6.38. The van der Waals surface area contributed by atoms with Gasteiger partial charge in [0.05, 0.1) is 13.2 Å². The molecule has 1 atom stereocenters. The Morgan fingerprint density at radius 3 is 2.67 bits per heavy atom. The number of nitrogens with zero attached hydrogens (tertiary/aromatic N) is 4. The van der Waals surface area contributed by atoms with Gasteiger partial charge < -0.3 is 9.64 Å². The number of carbonyl (C=O) groups is 1. The van der Waals surface area contributed by atoms with Crippen molar-refractivity contribution < 1.29 is 9.53 Å². The fourth-order valence-corrected chi connectivity index (χ4v) is 3.01. The Morgan fingerprint density at radius 2 is 1.96 bits per heavy atom. The van der Waals surface area contributed by atoms with E-state index in [1.165, 1.54) is 0 Å². The highest BCUT2D eigenvalue weighted by Crippen LogP contribution is 2.15. The lowest BCUT2D eigenvalue weighted by Crippen LogP contribution is -2.36. The van der Waals surface area contributed by atoms with Gasteiger partial charge in [0.15, 0.2) is 0 Å². The maximum Gasteiger partial charge on any atom is 0.254 e. The average molecular weight is 326 g/mol. The Morgan fingerprint density at radius 1 is 1.25 bits per heavy atom. The predicted molar refractivity (Wildman–Crippen MR) is 89.7 cm³/mol. The van der Waals surface area contributed by atoms with Crippen molar-refractivity contribution in [1.29, 1.82) is 0 Å². The molecule has 0 unspecified atom stereocenters. The maximum atomic E-state index is 12.7. The Hall–Kier alpha value is -2.34. The van der Waals surface area contributed by atoms with E-state index in [9.17, 15) is 4.79 Å². The summed E-state index contributed by atoms with van der Waals surface area (Å²) in [5.41, 5.74) is 2.60. The van der Waals surface area contributed by atoms with Crippen molar-refractivity contribution >= 4 is 5.91 Å². The molecular formula is C18H22N4O2. The lowest BCUT2D eigenvalue weighted by Gasteiger charge is -2.23. The molecule has 2 aromatic heterocycles. The molecule has 3 rings (SSSR count). The zero-order valence-corrected chi connectivity index (χ0v) is 14.1. The van der Waals surface area contributed by atoms with Crippen LogP contribution < -0.4 is 0 Å². The second-order valence-electron chi connectivity index (χ2n) is 6.20. The van der Waals surface area contributed by atoms with E-state index in [0.717, 1.165) is 17.2 Å². The molecule has 2 aromatic rings. The van der Waals surface area contributed by atoms with Crippen LogP contribution in [0.3, 0.4) is 0 Å². The summed E-state index contributed by atoms with van der Waals surface area (Å²) < 4.78 is 5.69. The van der Waals surface area contributed by atoms with E-state index in [-0.39, 0.29) is 11.8 Å². The number of hydrogen-bond acceptors (Lipinski definition) is 5. The van der Waals surface area contributed by atoms with Crippen molar-refractivity contribution in [2.75, 3.05) is 26.3 Å². The molecule has 126 valence electrons. The fourth-order valence-electron chi connectivity index (χ4n) is 3.01. The molecule has 0 aliphatic carbocycles. The predicted octanol–water partition coefficient (Wildman–Crippen LogP) is 1.82. The van der Waals surface area contributed by atoms with Gasteiger partial charge in [0, 0.05) is 54.8 Å². The van der Waals surface area contributed by atoms with Gasteiger partial charge in [-0.15, -0.1) is 0 Å². The number of aryl methyl sites for hydroxylation is 2. The van der Waals surface area contributed by atoms with Gasteiger partial charge in [0.2, 0.25) is 0 Å². The van der Waals surface area contributed by atoms with E-state index in [2.05, 4.69) is 15.0 Å². The molecule has 24 heavy (non-hydrogen) atoms. The normalized spacial score (nSPS) is 18.2. The van der Waals surface area contributed by atoms with Gasteiger partial charge in [-0.3, -0.25) is 9.78 Å². The first-order valence-electron chi connectivity index (χ1n) is 8.20. The Bertz CT molecular complexity index is 685. The van der Waals surface area contributed by atoms with E-state index in [1.807, 2.05) is 24.8 Å². The molecule has 3 heterocycles. The highest BCUT2D eigenvalue weighted by atomic mass is 16.5. The summed E-state index contributed by atoms with van der Waals surface area (Å²) in [4.78, 5) is 27.5. The molecule has 0 spiro atoms. The summed E-state index contributed by atoms with van der Waals surface area (Å²) in [5.74, 6) is 1.04. The molecule has 1 amide bonds. The standard InChI is InChI=1S/C18H22N4O2/c1-13-9-14(2)21-17(20-13)10-15-11-22(7-8-24-12-15)18(23)16-3-5-19-6-4-16/h3-6,9,15H,7-8,10-12H2,1-2H3/t15-/m1/s1. The third kappa shape index (κ3) is 4.14. The Labute approximate surface area is 141 Å². The van der Waals surface area contributed by atoms with Gasteiger partial charge in [-0.05, 0) is 32.0 Å². The first-order chi connectivity index (χ1) is 11.6. The average Bonchev–Trinajstić information content (AvgIpc) is 2.79. The van der Waals surface area contributed by atoms with Crippen LogP contribution in [0.1, 0.15) is 27.6 Å². The number of carbonyl (C=O) groups excluding carboxylic acids is 1. The number of pyridine rings is 1. The SMILES string of the molecule is Cc1cc(C)nc(C[C@H]2COCCN(C(=O)c3ccncc3)C2)n1. The minimum Gasteiger partial charge on any atom is -0.379 e. The van der Waals surface area contributed by atoms with Gasteiger partial charge in [-0.25, -0.2) is 9.97 Å². The summed E-state index contributed by atoms with van der Waals surface area (Å²) in [7, 11) is 0. The van der Waals surface area contributed by atoms with Crippen LogP contribution >= 0.6 is 0 Å². The summed E-state index contributed by atoms with van der Waals surface area (Å²) in [6, 6.07) is 5.46. The second kappa shape index (κ2) is 7.49. The van der Waals surface area contributed by atoms with Crippen LogP contribution in [0.4, 0.5) is 0 Å². The van der Waals surface area contributed by atoms with Crippen molar-refractivity contribution in [3.05, 3.63) is 53.4 Å². The van der Waals surface area contributed by atoms with Crippen molar-refractivity contribution in [3.8, 4) is 0 Å². The molecule has 1 fully saturated rings. The van der Waals surface area contributed by atoms with Gasteiger partial charge in [0.25, 0.3) is 5.91 Å². The third-order valence-corrected chi connectivity index (χ3v) is 4.05. The fraction of sp³-hybridized carbons (Fsp3) is 0.444. The molecular weight excluding hydrogens is 304 g/mol. The highest BCUT2D eigenvalue weighted by Gasteiger charge is 2.24. The first kappa shape index (κ1) is 16.5. The van der Waals surface area contributed by atoms with Crippen molar-refractivity contribution in [2.24, 2.45) is 5.92 Å². The molecule has 1 aliphatic rings. The quantitative estimate of drug-likeness (QED) is 0.860. The number of hydrogen-bond donors (Lipinski definition) is 0. The summed E-state index contributed by atoms with van der Waals surface area (Å²) >= 11 is 0. The van der Waals surface area contributed by atoms with Crippen LogP contribution in [-0.4, -0.2) is 52.1 Å². The van der Waals surface area contributed by atoms with Crippen LogP contribution in [0, 0.1) is 19.8 Å². The maximum absolute atomic E-state index is 12.7. The van der Waals surface area contributed by atoms with Crippen LogP contribution in [0.25, 0.3) is 0 Å². The molecule has 6 nitrogen and oxygen atoms in total. The topological polar surface area (TPSA) is 68.2 Å². The Kier molecular flexibility index (Phi) is 5.15. The monoisotopic (exact) mass is 326 g/mol. The molecule has 1 saturated heterocycles. The number of amides is 1. The lowest BCUT2D eigenvalue weighted by molar-refractivity contribution is 0.0737. The van der Waals surface area contributed by atoms with Gasteiger partial charge in [0.1, 0.15) is 5.82 Å².